The SMILES string of the molecule is C/C=C(\I)CN(CCC12CC(=O)CCC1=Nc1ccccc12)S(=O)(=O)c1ccc([N+](=O)[O-])cc1. The van der Waals surface area contributed by atoms with Crippen LogP contribution in [0.5, 0.6) is 0 Å². The summed E-state index contributed by atoms with van der Waals surface area (Å²) in [6.45, 7) is 2.20. The van der Waals surface area contributed by atoms with Gasteiger partial charge < -0.3 is 0 Å². The highest BCUT2D eigenvalue weighted by molar-refractivity contribution is 14.1. The highest BCUT2D eigenvalue weighted by atomic mass is 127. The van der Waals surface area contributed by atoms with E-state index in [-0.39, 0.29) is 29.5 Å². The molecule has 4 rings (SSSR count). The van der Waals surface area contributed by atoms with Gasteiger partial charge in [-0.25, -0.2) is 8.42 Å². The van der Waals surface area contributed by atoms with Gasteiger partial charge in [-0.05, 0) is 66.1 Å². The molecule has 0 saturated heterocycles. The first-order valence-electron chi connectivity index (χ1n) is 10.9. The second-order valence-electron chi connectivity index (χ2n) is 8.45. The van der Waals surface area contributed by atoms with E-state index in [0.29, 0.717) is 25.7 Å². The van der Waals surface area contributed by atoms with E-state index >= 15 is 0 Å². The maximum atomic E-state index is 13.6. The van der Waals surface area contributed by atoms with Crippen molar-refractivity contribution in [3.05, 3.63) is 73.9 Å². The van der Waals surface area contributed by atoms with Gasteiger partial charge in [0, 0.05) is 52.8 Å². The monoisotopic (exact) mass is 593 g/mol. The second kappa shape index (κ2) is 9.67. The summed E-state index contributed by atoms with van der Waals surface area (Å²) in [6.07, 6.45) is 3.62. The van der Waals surface area contributed by atoms with E-state index < -0.39 is 20.4 Å². The first-order valence-corrected chi connectivity index (χ1v) is 13.4. The highest BCUT2D eigenvalue weighted by Crippen LogP contribution is 2.48. The Morgan fingerprint density at radius 3 is 2.59 bits per heavy atom. The van der Waals surface area contributed by atoms with Crippen molar-refractivity contribution in [3.63, 3.8) is 0 Å². The minimum Gasteiger partial charge on any atom is -0.300 e. The summed E-state index contributed by atoms with van der Waals surface area (Å²) in [6, 6.07) is 12.7. The molecule has 1 atom stereocenters. The standard InChI is InChI=1S/C24H24IN3O5S/c1-2-17(25)16-27(34(32,33)20-10-7-18(8-11-20)28(30)31)14-13-24-15-19(29)9-12-23(24)26-22-6-4-3-5-21(22)24/h2-8,10-11H,9,12-16H2,1H3/b17-2-. The van der Waals surface area contributed by atoms with Gasteiger partial charge in [0.1, 0.15) is 5.78 Å². The lowest BCUT2D eigenvalue weighted by atomic mass is 9.67. The summed E-state index contributed by atoms with van der Waals surface area (Å²) in [5.74, 6) is 0.156. The minimum absolute atomic E-state index is 0.00339. The molecular weight excluding hydrogens is 569 g/mol. The van der Waals surface area contributed by atoms with Crippen molar-refractivity contribution >= 4 is 55.5 Å². The van der Waals surface area contributed by atoms with E-state index in [1.807, 2.05) is 37.3 Å². The molecule has 0 spiro atoms. The number of sulfonamides is 1. The molecule has 34 heavy (non-hydrogen) atoms. The molecule has 0 amide bonds. The molecule has 1 fully saturated rings. The van der Waals surface area contributed by atoms with Crippen LogP contribution in [-0.4, -0.2) is 42.2 Å². The largest absolute Gasteiger partial charge is 0.300 e. The molecule has 1 aliphatic carbocycles. The number of halogens is 1. The third kappa shape index (κ3) is 4.58. The summed E-state index contributed by atoms with van der Waals surface area (Å²) >= 11 is 2.11. The number of nitro groups is 1. The van der Waals surface area contributed by atoms with Crippen molar-refractivity contribution in [3.8, 4) is 0 Å². The van der Waals surface area contributed by atoms with Gasteiger partial charge in [-0.3, -0.25) is 19.9 Å². The number of fused-ring (bicyclic) bond motifs is 3. The van der Waals surface area contributed by atoms with Gasteiger partial charge in [0.2, 0.25) is 10.0 Å². The van der Waals surface area contributed by atoms with Crippen LogP contribution in [0.25, 0.3) is 0 Å². The Morgan fingerprint density at radius 2 is 1.91 bits per heavy atom. The molecule has 1 heterocycles. The van der Waals surface area contributed by atoms with Crippen LogP contribution in [0.3, 0.4) is 0 Å². The number of aliphatic imine (C=N–C) groups is 1. The summed E-state index contributed by atoms with van der Waals surface area (Å²) < 4.78 is 29.4. The Balaban J connectivity index is 1.68. The van der Waals surface area contributed by atoms with Gasteiger partial charge in [-0.1, -0.05) is 24.3 Å². The lowest BCUT2D eigenvalue weighted by Gasteiger charge is -2.36. The summed E-state index contributed by atoms with van der Waals surface area (Å²) in [5, 5.41) is 11.0. The molecular formula is C24H24IN3O5S. The van der Waals surface area contributed by atoms with E-state index in [2.05, 4.69) is 22.6 Å². The summed E-state index contributed by atoms with van der Waals surface area (Å²) in [7, 11) is -3.93. The third-order valence-electron chi connectivity index (χ3n) is 6.48. The van der Waals surface area contributed by atoms with Crippen molar-refractivity contribution in [2.75, 3.05) is 13.1 Å². The van der Waals surface area contributed by atoms with Crippen molar-refractivity contribution in [1.29, 1.82) is 0 Å². The molecule has 0 N–H and O–H groups in total. The lowest BCUT2D eigenvalue weighted by Crippen LogP contribution is -2.44. The number of allylic oxidation sites excluding steroid dienone is 1. The highest BCUT2D eigenvalue weighted by Gasteiger charge is 2.47. The van der Waals surface area contributed by atoms with E-state index in [1.165, 1.54) is 28.6 Å². The Hall–Kier alpha value is -2.44. The second-order valence-corrected chi connectivity index (χ2v) is 11.8. The number of hydrogen-bond donors (Lipinski definition) is 0. The average Bonchev–Trinajstić information content (AvgIpc) is 3.15. The van der Waals surface area contributed by atoms with Crippen LogP contribution in [0.4, 0.5) is 11.4 Å². The molecule has 1 aliphatic heterocycles. The number of benzene rings is 2. The number of carbonyl (C=O) groups is 1. The van der Waals surface area contributed by atoms with Crippen molar-refractivity contribution in [1.82, 2.24) is 4.31 Å². The van der Waals surface area contributed by atoms with Gasteiger partial charge in [-0.2, -0.15) is 4.31 Å². The molecule has 1 saturated carbocycles. The minimum atomic E-state index is -3.93. The van der Waals surface area contributed by atoms with E-state index in [1.54, 1.807) is 0 Å². The first kappa shape index (κ1) is 24.7. The van der Waals surface area contributed by atoms with Crippen molar-refractivity contribution in [2.45, 2.75) is 42.9 Å². The van der Waals surface area contributed by atoms with Crippen LogP contribution in [0.2, 0.25) is 0 Å². The van der Waals surface area contributed by atoms with Crippen molar-refractivity contribution < 1.29 is 18.1 Å². The van der Waals surface area contributed by atoms with Crippen molar-refractivity contribution in [2.24, 2.45) is 4.99 Å². The van der Waals surface area contributed by atoms with Crippen LogP contribution in [0, 0.1) is 10.1 Å². The fraction of sp³-hybridized carbons (Fsp3) is 0.333. The predicted octanol–water partition coefficient (Wildman–Crippen LogP) is 5.09. The van der Waals surface area contributed by atoms with Crippen LogP contribution >= 0.6 is 22.6 Å². The van der Waals surface area contributed by atoms with Gasteiger partial charge in [0.05, 0.1) is 15.5 Å². The zero-order valence-electron chi connectivity index (χ0n) is 18.6. The number of Topliss-reactive ketones (excluding diaryl/α,β-unsaturated/α-hetero) is 1. The molecule has 2 aliphatic rings. The zero-order chi connectivity index (χ0) is 24.5. The topological polar surface area (TPSA) is 110 Å². The third-order valence-corrected chi connectivity index (χ3v) is 9.30. The van der Waals surface area contributed by atoms with Crippen LogP contribution in [0.1, 0.15) is 38.2 Å². The summed E-state index contributed by atoms with van der Waals surface area (Å²) in [4.78, 5) is 27.8. The number of nitro benzene ring substituents is 1. The van der Waals surface area contributed by atoms with Gasteiger partial charge in [0.15, 0.2) is 0 Å². The first-order chi connectivity index (χ1) is 16.2. The smallest absolute Gasteiger partial charge is 0.269 e. The normalized spacial score (nSPS) is 20.1. The van der Waals surface area contributed by atoms with Crippen LogP contribution < -0.4 is 0 Å². The molecule has 2 aromatic carbocycles. The van der Waals surface area contributed by atoms with E-state index in [9.17, 15) is 23.3 Å². The maximum Gasteiger partial charge on any atom is 0.269 e. The number of hydrogen-bond acceptors (Lipinski definition) is 6. The van der Waals surface area contributed by atoms with E-state index in [4.69, 9.17) is 4.99 Å². The number of nitrogens with zero attached hydrogens (tertiary/aromatic N) is 3. The predicted molar refractivity (Wildman–Crippen MR) is 138 cm³/mol. The average molecular weight is 593 g/mol. The van der Waals surface area contributed by atoms with Crippen LogP contribution in [-0.2, 0) is 20.2 Å². The number of non-ortho nitro benzene ring substituents is 1. The lowest BCUT2D eigenvalue weighted by molar-refractivity contribution is -0.384. The fourth-order valence-corrected chi connectivity index (χ4v) is 6.74. The Bertz CT molecular complexity index is 1300. The quantitative estimate of drug-likeness (QED) is 0.241. The Kier molecular flexibility index (Phi) is 7.02. The molecule has 0 radical (unpaired) electrons. The Labute approximate surface area is 212 Å². The Morgan fingerprint density at radius 1 is 1.21 bits per heavy atom. The summed E-state index contributed by atoms with van der Waals surface area (Å²) in [5.41, 5.74) is 2.00. The van der Waals surface area contributed by atoms with Crippen LogP contribution in [0.15, 0.2) is 68.1 Å². The molecule has 178 valence electrons. The molecule has 0 aromatic heterocycles. The molecule has 8 nitrogen and oxygen atoms in total. The number of carbonyl (C=O) groups excluding carboxylic acids is 1. The molecule has 1 unspecified atom stereocenters. The molecule has 2 aromatic rings. The molecule has 10 heteroatoms. The fourth-order valence-electron chi connectivity index (χ4n) is 4.67. The molecule has 0 bridgehead atoms. The number of rotatable bonds is 8. The van der Waals surface area contributed by atoms with Gasteiger partial charge >= 0.3 is 0 Å². The van der Waals surface area contributed by atoms with Gasteiger partial charge in [0.25, 0.3) is 5.69 Å². The maximum absolute atomic E-state index is 13.6. The zero-order valence-corrected chi connectivity index (χ0v) is 21.6. The number of ketones is 1. The number of para-hydroxylation sites is 1. The van der Waals surface area contributed by atoms with Gasteiger partial charge in [-0.15, -0.1) is 0 Å². The van der Waals surface area contributed by atoms with E-state index in [0.717, 1.165) is 20.5 Å².